The Hall–Kier alpha value is -3.68. The van der Waals surface area contributed by atoms with Gasteiger partial charge in [-0.2, -0.15) is 5.10 Å². The van der Waals surface area contributed by atoms with Crippen LogP contribution in [0.15, 0.2) is 59.5 Å². The van der Waals surface area contributed by atoms with Crippen molar-refractivity contribution in [3.8, 4) is 11.5 Å². The largest absolute Gasteiger partial charge is 0.502 e. The molecule has 164 valence electrons. The smallest absolute Gasteiger partial charge is 0.276 e. The molecule has 0 unspecified atom stereocenters. The molecule has 2 aliphatic rings. The van der Waals surface area contributed by atoms with E-state index in [2.05, 4.69) is 5.10 Å². The van der Waals surface area contributed by atoms with Crippen LogP contribution >= 0.6 is 0 Å². The van der Waals surface area contributed by atoms with Crippen LogP contribution in [-0.4, -0.2) is 45.4 Å². The number of ether oxygens (including phenoxy) is 1. The number of hydrogen-bond acceptors (Lipinski definition) is 5. The molecule has 1 aromatic heterocycles. The van der Waals surface area contributed by atoms with E-state index >= 15 is 0 Å². The molecule has 8 heteroatoms. The zero-order valence-electron chi connectivity index (χ0n) is 17.4. The second-order valence-electron chi connectivity index (χ2n) is 8.16. The van der Waals surface area contributed by atoms with Gasteiger partial charge in [0, 0.05) is 12.5 Å². The van der Waals surface area contributed by atoms with Crippen LogP contribution in [0.1, 0.15) is 46.4 Å². The molecule has 0 aliphatic carbocycles. The lowest BCUT2D eigenvalue weighted by Crippen LogP contribution is -2.50. The van der Waals surface area contributed by atoms with E-state index in [0.717, 1.165) is 30.2 Å². The van der Waals surface area contributed by atoms with Crippen LogP contribution in [0.5, 0.6) is 11.5 Å². The normalized spacial score (nSPS) is 20.6. The summed E-state index contributed by atoms with van der Waals surface area (Å²) in [5, 5.41) is 14.8. The number of rotatable bonds is 4. The van der Waals surface area contributed by atoms with Gasteiger partial charge in [0.2, 0.25) is 5.43 Å². The molecular formula is C24H22FN3O4. The molecule has 0 bridgehead atoms. The highest BCUT2D eigenvalue weighted by molar-refractivity contribution is 5.96. The fraction of sp³-hybridized carbons (Fsp3) is 0.292. The molecule has 7 nitrogen and oxygen atoms in total. The molecular weight excluding hydrogens is 413 g/mol. The highest BCUT2D eigenvalue weighted by Crippen LogP contribution is 2.46. The maximum absolute atomic E-state index is 13.8. The van der Waals surface area contributed by atoms with Crippen molar-refractivity contribution in [3.05, 3.63) is 87.6 Å². The van der Waals surface area contributed by atoms with Gasteiger partial charge in [-0.15, -0.1) is 0 Å². The first-order chi connectivity index (χ1) is 15.5. The Morgan fingerprint density at radius 3 is 2.69 bits per heavy atom. The number of amides is 1. The molecule has 2 aromatic carbocycles. The summed E-state index contributed by atoms with van der Waals surface area (Å²) in [6.07, 6.45) is 2.60. The Kier molecular flexibility index (Phi) is 4.92. The van der Waals surface area contributed by atoms with E-state index in [1.54, 1.807) is 24.1 Å². The van der Waals surface area contributed by atoms with E-state index in [0.29, 0.717) is 12.3 Å². The maximum atomic E-state index is 13.8. The van der Waals surface area contributed by atoms with Crippen LogP contribution in [0.2, 0.25) is 0 Å². The third kappa shape index (κ3) is 3.14. The topological polar surface area (TPSA) is 84.7 Å². The van der Waals surface area contributed by atoms with Gasteiger partial charge < -0.3 is 14.7 Å². The lowest BCUT2D eigenvalue weighted by Gasteiger charge is -2.42. The van der Waals surface area contributed by atoms with Crippen LogP contribution in [0, 0.1) is 5.82 Å². The molecule has 3 aromatic rings. The number of carbonyl (C=O) groups is 1. The molecule has 32 heavy (non-hydrogen) atoms. The molecule has 3 atom stereocenters. The van der Waals surface area contributed by atoms with Crippen molar-refractivity contribution in [2.45, 2.75) is 30.8 Å². The first-order valence-electron chi connectivity index (χ1n) is 10.5. The summed E-state index contributed by atoms with van der Waals surface area (Å²) in [6, 6.07) is 13.2. The van der Waals surface area contributed by atoms with Crippen LogP contribution < -0.4 is 10.2 Å². The first-order valence-corrected chi connectivity index (χ1v) is 10.5. The van der Waals surface area contributed by atoms with Gasteiger partial charge in [-0.3, -0.25) is 14.3 Å². The summed E-state index contributed by atoms with van der Waals surface area (Å²) in [7, 11) is 1.59. The number of hydrogen-bond donors (Lipinski definition) is 1. The Morgan fingerprint density at radius 2 is 1.94 bits per heavy atom. The number of nitrogens with zero attached hydrogens (tertiary/aromatic N) is 3. The molecule has 1 saturated heterocycles. The Labute approximate surface area is 183 Å². The SMILES string of the molecule is COc1cccc([C@H](c2ccc(F)cc2)[C@H]2[C@H]3CCCN3C(=O)c3c(O)c(=O)cnn32)c1. The van der Waals surface area contributed by atoms with E-state index in [4.69, 9.17) is 4.74 Å². The third-order valence-corrected chi connectivity index (χ3v) is 6.45. The van der Waals surface area contributed by atoms with Gasteiger partial charge in [0.15, 0.2) is 11.4 Å². The average Bonchev–Trinajstić information content (AvgIpc) is 3.30. The van der Waals surface area contributed by atoms with Gasteiger partial charge in [-0.05, 0) is 48.2 Å². The fourth-order valence-corrected chi connectivity index (χ4v) is 5.04. The summed E-state index contributed by atoms with van der Waals surface area (Å²) in [5.41, 5.74) is 0.932. The Morgan fingerprint density at radius 1 is 1.16 bits per heavy atom. The summed E-state index contributed by atoms with van der Waals surface area (Å²) in [4.78, 5) is 27.0. The van der Waals surface area contributed by atoms with Crippen LogP contribution in [-0.2, 0) is 0 Å². The van der Waals surface area contributed by atoms with Gasteiger partial charge in [0.25, 0.3) is 5.91 Å². The summed E-state index contributed by atoms with van der Waals surface area (Å²) in [5.74, 6) is -1.00. The van der Waals surface area contributed by atoms with Gasteiger partial charge in [0.05, 0.1) is 25.4 Å². The zero-order chi connectivity index (χ0) is 22.4. The van der Waals surface area contributed by atoms with Crippen molar-refractivity contribution >= 4 is 5.91 Å². The van der Waals surface area contributed by atoms with Gasteiger partial charge >= 0.3 is 0 Å². The number of carbonyl (C=O) groups excluding carboxylic acids is 1. The number of halogens is 1. The number of methoxy groups -OCH3 is 1. The second-order valence-corrected chi connectivity index (χ2v) is 8.16. The minimum Gasteiger partial charge on any atom is -0.502 e. The van der Waals surface area contributed by atoms with E-state index in [1.807, 2.05) is 24.3 Å². The van der Waals surface area contributed by atoms with Crippen LogP contribution in [0.25, 0.3) is 0 Å². The minimum atomic E-state index is -0.694. The molecule has 0 radical (unpaired) electrons. The quantitative estimate of drug-likeness (QED) is 0.681. The predicted octanol–water partition coefficient (Wildman–Crippen LogP) is 3.09. The van der Waals surface area contributed by atoms with Crippen molar-refractivity contribution < 1.29 is 19.0 Å². The molecule has 0 saturated carbocycles. The average molecular weight is 435 g/mol. The lowest BCUT2D eigenvalue weighted by atomic mass is 9.80. The van der Waals surface area contributed by atoms with E-state index in [-0.39, 0.29) is 23.5 Å². The van der Waals surface area contributed by atoms with Gasteiger partial charge in [-0.1, -0.05) is 24.3 Å². The van der Waals surface area contributed by atoms with Crippen molar-refractivity contribution in [1.82, 2.24) is 14.7 Å². The van der Waals surface area contributed by atoms with Crippen molar-refractivity contribution in [2.75, 3.05) is 13.7 Å². The van der Waals surface area contributed by atoms with E-state index < -0.39 is 23.1 Å². The van der Waals surface area contributed by atoms with Crippen molar-refractivity contribution in [2.24, 2.45) is 0 Å². The van der Waals surface area contributed by atoms with Gasteiger partial charge in [-0.25, -0.2) is 4.39 Å². The first kappa shape index (κ1) is 20.2. The van der Waals surface area contributed by atoms with E-state index in [9.17, 15) is 19.1 Å². The van der Waals surface area contributed by atoms with Crippen molar-refractivity contribution in [3.63, 3.8) is 0 Å². The van der Waals surface area contributed by atoms with Crippen LogP contribution in [0.3, 0.4) is 0 Å². The Balaban J connectivity index is 1.77. The Bertz CT molecular complexity index is 1240. The standard InChI is InChI=1S/C24H22FN3O4/c1-32-17-5-2-4-15(12-17)20(14-7-9-16(25)10-8-14)21-18-6-3-11-27(18)24(31)22-23(30)19(29)13-26-28(21)22/h2,4-5,7-10,12-13,18,20-21,30H,3,6,11H2,1H3/t18-,20+,21-/m1/s1. The lowest BCUT2D eigenvalue weighted by molar-refractivity contribution is 0.0565. The summed E-state index contributed by atoms with van der Waals surface area (Å²) in [6.45, 7) is 0.538. The zero-order valence-corrected chi connectivity index (χ0v) is 17.4. The number of benzene rings is 2. The number of aromatic nitrogens is 2. The monoisotopic (exact) mass is 435 g/mol. The minimum absolute atomic E-state index is 0.101. The highest BCUT2D eigenvalue weighted by atomic mass is 19.1. The predicted molar refractivity (Wildman–Crippen MR) is 114 cm³/mol. The fourth-order valence-electron chi connectivity index (χ4n) is 5.04. The highest BCUT2D eigenvalue weighted by Gasteiger charge is 2.48. The third-order valence-electron chi connectivity index (χ3n) is 6.45. The summed E-state index contributed by atoms with van der Waals surface area (Å²) < 4.78 is 20.7. The van der Waals surface area contributed by atoms with Gasteiger partial charge in [0.1, 0.15) is 11.6 Å². The summed E-state index contributed by atoms with van der Waals surface area (Å²) >= 11 is 0. The number of fused-ring (bicyclic) bond motifs is 2. The number of aromatic hydroxyl groups is 1. The molecule has 1 fully saturated rings. The second kappa shape index (κ2) is 7.78. The maximum Gasteiger partial charge on any atom is 0.276 e. The molecule has 0 spiro atoms. The molecule has 1 N–H and O–H groups in total. The molecule has 1 amide bonds. The molecule has 2 aliphatic heterocycles. The van der Waals surface area contributed by atoms with Crippen LogP contribution in [0.4, 0.5) is 4.39 Å². The molecule has 5 rings (SSSR count). The van der Waals surface area contributed by atoms with Crippen molar-refractivity contribution in [1.29, 1.82) is 0 Å². The molecule has 3 heterocycles. The van der Waals surface area contributed by atoms with E-state index in [1.165, 1.54) is 16.8 Å².